The van der Waals surface area contributed by atoms with Gasteiger partial charge >= 0.3 is 5.97 Å². The van der Waals surface area contributed by atoms with Crippen LogP contribution >= 0.6 is 23.2 Å². The second-order valence-electron chi connectivity index (χ2n) is 5.17. The molecule has 0 fully saturated rings. The zero-order valence-electron chi connectivity index (χ0n) is 14.4. The van der Waals surface area contributed by atoms with Crippen molar-refractivity contribution in [3.63, 3.8) is 0 Å². The van der Waals surface area contributed by atoms with Gasteiger partial charge in [-0.25, -0.2) is 9.37 Å². The summed E-state index contributed by atoms with van der Waals surface area (Å²) in [6, 6.07) is 7.18. The Morgan fingerprint density at radius 3 is 2.44 bits per heavy atom. The van der Waals surface area contributed by atoms with Gasteiger partial charge in [-0.15, -0.1) is 0 Å². The molecule has 1 atom stereocenters. The molecule has 0 radical (unpaired) electrons. The average Bonchev–Trinajstić information content (AvgIpc) is 2.63. The Balaban J connectivity index is 0.00000151. The van der Waals surface area contributed by atoms with E-state index in [2.05, 4.69) is 4.98 Å². The lowest BCUT2D eigenvalue weighted by Crippen LogP contribution is -2.37. The third-order valence-electron chi connectivity index (χ3n) is 3.60. The Morgan fingerprint density at radius 1 is 1.28 bits per heavy atom. The van der Waals surface area contributed by atoms with Crippen LogP contribution in [0.15, 0.2) is 30.3 Å². The summed E-state index contributed by atoms with van der Waals surface area (Å²) in [7, 11) is 1.24. The fourth-order valence-corrected chi connectivity index (χ4v) is 2.51. The number of methoxy groups -OCH3 is 1. The van der Waals surface area contributed by atoms with Crippen molar-refractivity contribution in [2.24, 2.45) is 0 Å². The molecule has 1 aromatic carbocycles. The van der Waals surface area contributed by atoms with E-state index in [9.17, 15) is 14.3 Å². The number of hydrogen-bond acceptors (Lipinski definition) is 4. The molecule has 0 amide bonds. The summed E-state index contributed by atoms with van der Waals surface area (Å²) in [4.78, 5) is 16.2. The van der Waals surface area contributed by atoms with E-state index in [-0.39, 0.29) is 10.2 Å². The molecular formula is C18H20Cl2FNO3. The molecule has 4 nitrogen and oxygen atoms in total. The molecule has 1 heterocycles. The highest BCUT2D eigenvalue weighted by atomic mass is 35.5. The number of aliphatic hydroxyl groups is 1. The molecule has 0 aliphatic rings. The van der Waals surface area contributed by atoms with Crippen molar-refractivity contribution in [3.05, 3.63) is 51.9 Å². The van der Waals surface area contributed by atoms with Crippen molar-refractivity contribution in [2.75, 3.05) is 13.7 Å². The number of aliphatic hydroxyl groups excluding tert-OH is 1. The molecule has 0 saturated heterocycles. The summed E-state index contributed by atoms with van der Waals surface area (Å²) in [5, 5.41) is 9.71. The molecule has 0 spiro atoms. The summed E-state index contributed by atoms with van der Waals surface area (Å²) in [5.74, 6) is -1.15. The number of pyridine rings is 1. The Morgan fingerprint density at radius 2 is 1.92 bits per heavy atom. The fraction of sp³-hybridized carbons (Fsp3) is 0.333. The molecule has 1 unspecified atom stereocenters. The number of hydrogen-bond donors (Lipinski definition) is 1. The normalized spacial score (nSPS) is 12.6. The van der Waals surface area contributed by atoms with Crippen LogP contribution in [-0.4, -0.2) is 29.8 Å². The van der Waals surface area contributed by atoms with Gasteiger partial charge in [0.1, 0.15) is 16.4 Å². The van der Waals surface area contributed by atoms with E-state index < -0.39 is 23.8 Å². The van der Waals surface area contributed by atoms with E-state index in [1.54, 1.807) is 6.07 Å². The smallest absolute Gasteiger partial charge is 0.318 e. The Labute approximate surface area is 156 Å². The highest BCUT2D eigenvalue weighted by molar-refractivity contribution is 6.31. The number of rotatable bonds is 4. The van der Waals surface area contributed by atoms with Gasteiger partial charge in [-0.2, -0.15) is 0 Å². The molecule has 136 valence electrons. The minimum absolute atomic E-state index is 0.0521. The number of carbonyl (C=O) groups excluding carboxylic acids is 1. The molecule has 1 aromatic heterocycles. The van der Waals surface area contributed by atoms with E-state index >= 15 is 0 Å². The molecular weight excluding hydrogens is 368 g/mol. The maximum absolute atomic E-state index is 13.3. The first-order valence-electron chi connectivity index (χ1n) is 7.64. The lowest BCUT2D eigenvalue weighted by molar-refractivity contribution is -0.148. The Bertz CT molecular complexity index is 755. The van der Waals surface area contributed by atoms with E-state index in [1.807, 2.05) is 13.8 Å². The summed E-state index contributed by atoms with van der Waals surface area (Å²) in [6.45, 7) is 5.07. The number of benzene rings is 1. The van der Waals surface area contributed by atoms with Crippen molar-refractivity contribution in [2.45, 2.75) is 26.2 Å². The van der Waals surface area contributed by atoms with Gasteiger partial charge in [-0.3, -0.25) is 4.79 Å². The minimum Gasteiger partial charge on any atom is -0.468 e. The van der Waals surface area contributed by atoms with Gasteiger partial charge in [0.05, 0.1) is 24.4 Å². The van der Waals surface area contributed by atoms with Gasteiger partial charge in [-0.1, -0.05) is 37.0 Å². The van der Waals surface area contributed by atoms with Crippen LogP contribution in [0.4, 0.5) is 4.39 Å². The predicted molar refractivity (Wildman–Crippen MR) is 97.5 cm³/mol. The SMILES string of the molecule is CC.COC(=O)C(C)(CO)c1cc(Cl)nc(-c2ccc(F)c(Cl)c2)c1. The van der Waals surface area contributed by atoms with E-state index in [1.165, 1.54) is 38.3 Å². The second-order valence-corrected chi connectivity index (χ2v) is 5.97. The number of carbonyl (C=O) groups is 1. The van der Waals surface area contributed by atoms with Gasteiger partial charge in [0.2, 0.25) is 0 Å². The summed E-state index contributed by atoms with van der Waals surface area (Å²) < 4.78 is 18.0. The standard InChI is InChI=1S/C16H14Cl2FNO3.C2H6/c1-16(8-21,15(22)23-2)10-6-13(20-14(18)7-10)9-3-4-12(19)11(17)5-9;1-2/h3-7,21H,8H2,1-2H3;1-2H3. The van der Waals surface area contributed by atoms with Crippen LogP contribution in [0, 0.1) is 5.82 Å². The van der Waals surface area contributed by atoms with E-state index in [0.717, 1.165) is 0 Å². The summed E-state index contributed by atoms with van der Waals surface area (Å²) in [6.07, 6.45) is 0. The van der Waals surface area contributed by atoms with Gasteiger partial charge in [-0.05, 0) is 42.8 Å². The first-order chi connectivity index (χ1) is 11.8. The van der Waals surface area contributed by atoms with Crippen molar-refractivity contribution in [1.82, 2.24) is 4.98 Å². The molecule has 25 heavy (non-hydrogen) atoms. The maximum atomic E-state index is 13.3. The van der Waals surface area contributed by atoms with E-state index in [0.29, 0.717) is 16.8 Å². The van der Waals surface area contributed by atoms with Crippen molar-refractivity contribution in [3.8, 4) is 11.3 Å². The van der Waals surface area contributed by atoms with Crippen LogP contribution in [0.1, 0.15) is 26.3 Å². The van der Waals surface area contributed by atoms with Gasteiger partial charge < -0.3 is 9.84 Å². The molecule has 1 N–H and O–H groups in total. The highest BCUT2D eigenvalue weighted by Crippen LogP contribution is 2.31. The minimum atomic E-state index is -1.29. The van der Waals surface area contributed by atoms with Crippen LogP contribution in [-0.2, 0) is 14.9 Å². The van der Waals surface area contributed by atoms with Crippen LogP contribution in [0.5, 0.6) is 0 Å². The predicted octanol–water partition coefficient (Wildman–Crippen LogP) is 4.64. The first kappa shape index (κ1) is 21.4. The van der Waals surface area contributed by atoms with Crippen molar-refractivity contribution in [1.29, 1.82) is 0 Å². The van der Waals surface area contributed by atoms with Gasteiger partial charge in [0.15, 0.2) is 0 Å². The van der Waals surface area contributed by atoms with Gasteiger partial charge in [0, 0.05) is 5.56 Å². The second kappa shape index (κ2) is 9.13. The highest BCUT2D eigenvalue weighted by Gasteiger charge is 2.36. The Hall–Kier alpha value is -1.69. The number of aromatic nitrogens is 1. The third-order valence-corrected chi connectivity index (χ3v) is 4.08. The van der Waals surface area contributed by atoms with Crippen molar-refractivity contribution >= 4 is 29.2 Å². The molecule has 0 bridgehead atoms. The fourth-order valence-electron chi connectivity index (χ4n) is 2.12. The monoisotopic (exact) mass is 387 g/mol. The molecule has 7 heteroatoms. The largest absolute Gasteiger partial charge is 0.468 e. The van der Waals surface area contributed by atoms with Gasteiger partial charge in [0.25, 0.3) is 0 Å². The Kier molecular flexibility index (Phi) is 7.80. The molecule has 0 aliphatic carbocycles. The number of halogens is 3. The van der Waals surface area contributed by atoms with Crippen LogP contribution in [0.2, 0.25) is 10.2 Å². The van der Waals surface area contributed by atoms with Crippen LogP contribution in [0.25, 0.3) is 11.3 Å². The zero-order chi connectivity index (χ0) is 19.2. The molecule has 2 aromatic rings. The lowest BCUT2D eigenvalue weighted by atomic mass is 9.83. The first-order valence-corrected chi connectivity index (χ1v) is 8.40. The lowest BCUT2D eigenvalue weighted by Gasteiger charge is -2.25. The quantitative estimate of drug-likeness (QED) is 0.612. The topological polar surface area (TPSA) is 59.4 Å². The molecule has 2 rings (SSSR count). The maximum Gasteiger partial charge on any atom is 0.318 e. The van der Waals surface area contributed by atoms with E-state index in [4.69, 9.17) is 27.9 Å². The summed E-state index contributed by atoms with van der Waals surface area (Å²) >= 11 is 11.8. The average molecular weight is 388 g/mol. The summed E-state index contributed by atoms with van der Waals surface area (Å²) in [5.41, 5.74) is 0.0745. The van der Waals surface area contributed by atoms with Crippen LogP contribution in [0.3, 0.4) is 0 Å². The molecule has 0 saturated carbocycles. The number of ether oxygens (including phenoxy) is 1. The van der Waals surface area contributed by atoms with Crippen molar-refractivity contribution < 1.29 is 19.0 Å². The zero-order valence-corrected chi connectivity index (χ0v) is 16.0. The number of nitrogens with zero attached hydrogens (tertiary/aromatic N) is 1. The third kappa shape index (κ3) is 4.69. The number of esters is 1. The molecule has 0 aliphatic heterocycles. The van der Waals surface area contributed by atoms with Crippen LogP contribution < -0.4 is 0 Å².